The summed E-state index contributed by atoms with van der Waals surface area (Å²) in [5.74, 6) is 0. The predicted octanol–water partition coefficient (Wildman–Crippen LogP) is 1.13. The number of hydrogen-bond acceptors (Lipinski definition) is 4. The van der Waals surface area contributed by atoms with E-state index in [1.807, 2.05) is 0 Å². The van der Waals surface area contributed by atoms with Crippen LogP contribution in [0.2, 0.25) is 0 Å². The van der Waals surface area contributed by atoms with Crippen LogP contribution in [0.1, 0.15) is 32.6 Å². The van der Waals surface area contributed by atoms with Gasteiger partial charge in [-0.15, -0.1) is 0 Å². The van der Waals surface area contributed by atoms with Crippen molar-refractivity contribution in [3.63, 3.8) is 0 Å². The minimum atomic E-state index is -0.273. The first kappa shape index (κ1) is 12.8. The lowest BCUT2D eigenvalue weighted by molar-refractivity contribution is -0.0519. The largest absolute Gasteiger partial charge is 0.378 e. The maximum Gasteiger partial charge on any atom is 0.113 e. The molecule has 2 atom stereocenters. The zero-order valence-corrected chi connectivity index (χ0v) is 10.7. The van der Waals surface area contributed by atoms with Crippen LogP contribution in [0.25, 0.3) is 0 Å². The second kappa shape index (κ2) is 5.81. The molecule has 0 aromatic carbocycles. The van der Waals surface area contributed by atoms with E-state index < -0.39 is 0 Å². The fourth-order valence-corrected chi connectivity index (χ4v) is 2.93. The Hall–Kier alpha value is -0.630. The molecule has 96 valence electrons. The van der Waals surface area contributed by atoms with Crippen molar-refractivity contribution in [1.82, 2.24) is 10.2 Å². The van der Waals surface area contributed by atoms with E-state index in [1.54, 1.807) is 0 Å². The van der Waals surface area contributed by atoms with Crippen molar-refractivity contribution in [3.8, 4) is 6.07 Å². The predicted molar refractivity (Wildman–Crippen MR) is 66.7 cm³/mol. The Bertz CT molecular complexity index is 281. The van der Waals surface area contributed by atoms with E-state index in [2.05, 4.69) is 23.2 Å². The highest BCUT2D eigenvalue weighted by Crippen LogP contribution is 2.32. The molecule has 1 N–H and O–H groups in total. The Morgan fingerprint density at radius 3 is 3.12 bits per heavy atom. The quantitative estimate of drug-likeness (QED) is 0.782. The molecule has 0 bridgehead atoms. The third-order valence-corrected chi connectivity index (χ3v) is 4.04. The van der Waals surface area contributed by atoms with Gasteiger partial charge in [0.05, 0.1) is 12.2 Å². The third-order valence-electron chi connectivity index (χ3n) is 4.04. The third kappa shape index (κ3) is 2.79. The minimum absolute atomic E-state index is 0.264. The number of ether oxygens (including phenoxy) is 1. The van der Waals surface area contributed by atoms with E-state index in [0.29, 0.717) is 0 Å². The van der Waals surface area contributed by atoms with Crippen LogP contribution in [0.3, 0.4) is 0 Å². The van der Waals surface area contributed by atoms with Crippen molar-refractivity contribution >= 4 is 0 Å². The van der Waals surface area contributed by atoms with E-state index >= 15 is 0 Å². The Morgan fingerprint density at radius 2 is 2.35 bits per heavy atom. The molecule has 0 aromatic rings. The Morgan fingerprint density at radius 1 is 1.47 bits per heavy atom. The van der Waals surface area contributed by atoms with Gasteiger partial charge in [-0.25, -0.2) is 0 Å². The van der Waals surface area contributed by atoms with Gasteiger partial charge in [0.15, 0.2) is 0 Å². The minimum Gasteiger partial charge on any atom is -0.378 e. The summed E-state index contributed by atoms with van der Waals surface area (Å²) in [6.07, 6.45) is 4.15. The molecule has 4 nitrogen and oxygen atoms in total. The van der Waals surface area contributed by atoms with Gasteiger partial charge in [0.2, 0.25) is 0 Å². The molecule has 0 aliphatic carbocycles. The summed E-state index contributed by atoms with van der Waals surface area (Å²) in [5.41, 5.74) is -0.273. The summed E-state index contributed by atoms with van der Waals surface area (Å²) in [6.45, 7) is 6.98. The topological polar surface area (TPSA) is 48.3 Å². The number of nitrogens with zero attached hydrogens (tertiary/aromatic N) is 2. The van der Waals surface area contributed by atoms with Crippen molar-refractivity contribution in [3.05, 3.63) is 0 Å². The molecular formula is C13H23N3O. The van der Waals surface area contributed by atoms with E-state index in [-0.39, 0.29) is 11.6 Å². The Balaban J connectivity index is 2.09. The summed E-state index contributed by atoms with van der Waals surface area (Å²) in [6, 6.07) is 2.60. The van der Waals surface area contributed by atoms with Gasteiger partial charge in [-0.05, 0) is 19.4 Å². The molecule has 0 saturated carbocycles. The normalized spacial score (nSPS) is 36.1. The lowest BCUT2D eigenvalue weighted by Gasteiger charge is -2.43. The van der Waals surface area contributed by atoms with Crippen molar-refractivity contribution in [2.45, 2.75) is 44.2 Å². The maximum absolute atomic E-state index is 9.63. The number of hydrogen-bond donors (Lipinski definition) is 1. The first-order valence-corrected chi connectivity index (χ1v) is 6.79. The molecule has 2 fully saturated rings. The molecule has 0 radical (unpaired) electrons. The number of nitrogens with one attached hydrogen (secondary N) is 1. The first-order valence-electron chi connectivity index (χ1n) is 6.79. The SMILES string of the molecule is CCC1CC(C#N)(N2CCCNCC2)CCO1. The number of nitriles is 1. The molecule has 2 aliphatic rings. The van der Waals surface area contributed by atoms with Crippen molar-refractivity contribution in [2.75, 3.05) is 32.8 Å². The molecule has 2 rings (SSSR count). The number of rotatable bonds is 2. The van der Waals surface area contributed by atoms with Gasteiger partial charge in [-0.2, -0.15) is 5.26 Å². The van der Waals surface area contributed by atoms with Gasteiger partial charge < -0.3 is 10.1 Å². The second-order valence-electron chi connectivity index (χ2n) is 5.09. The van der Waals surface area contributed by atoms with Crippen molar-refractivity contribution in [2.24, 2.45) is 0 Å². The zero-order valence-electron chi connectivity index (χ0n) is 10.7. The molecule has 2 unspecified atom stereocenters. The van der Waals surface area contributed by atoms with E-state index in [0.717, 1.165) is 58.5 Å². The summed E-state index contributed by atoms with van der Waals surface area (Å²) in [5, 5.41) is 13.0. The van der Waals surface area contributed by atoms with Crippen LogP contribution in [-0.4, -0.2) is 49.3 Å². The van der Waals surface area contributed by atoms with E-state index in [1.165, 1.54) is 0 Å². The summed E-state index contributed by atoms with van der Waals surface area (Å²) < 4.78 is 5.71. The summed E-state index contributed by atoms with van der Waals surface area (Å²) in [4.78, 5) is 2.39. The average Bonchev–Trinajstić information content (AvgIpc) is 2.68. The van der Waals surface area contributed by atoms with Crippen LogP contribution in [-0.2, 0) is 4.74 Å². The highest BCUT2D eigenvalue weighted by molar-refractivity contribution is 5.11. The zero-order chi connectivity index (χ0) is 12.1. The van der Waals surface area contributed by atoms with E-state index in [4.69, 9.17) is 4.74 Å². The molecule has 2 aliphatic heterocycles. The van der Waals surface area contributed by atoms with Crippen LogP contribution in [0.4, 0.5) is 0 Å². The lowest BCUT2D eigenvalue weighted by atomic mass is 9.85. The fourth-order valence-electron chi connectivity index (χ4n) is 2.93. The van der Waals surface area contributed by atoms with Crippen LogP contribution >= 0.6 is 0 Å². The molecule has 0 aromatic heterocycles. The van der Waals surface area contributed by atoms with Gasteiger partial charge in [-0.3, -0.25) is 4.90 Å². The Kier molecular flexibility index (Phi) is 4.38. The summed E-state index contributed by atoms with van der Waals surface area (Å²) in [7, 11) is 0. The van der Waals surface area contributed by atoms with Crippen LogP contribution in [0.15, 0.2) is 0 Å². The van der Waals surface area contributed by atoms with Gasteiger partial charge in [0.1, 0.15) is 5.54 Å². The summed E-state index contributed by atoms with van der Waals surface area (Å²) >= 11 is 0. The molecule has 2 saturated heterocycles. The van der Waals surface area contributed by atoms with Crippen LogP contribution in [0.5, 0.6) is 0 Å². The second-order valence-corrected chi connectivity index (χ2v) is 5.09. The lowest BCUT2D eigenvalue weighted by Crippen LogP contribution is -2.54. The molecule has 4 heteroatoms. The van der Waals surface area contributed by atoms with Crippen molar-refractivity contribution < 1.29 is 4.74 Å². The van der Waals surface area contributed by atoms with Gasteiger partial charge in [0, 0.05) is 39.1 Å². The molecular weight excluding hydrogens is 214 g/mol. The van der Waals surface area contributed by atoms with E-state index in [9.17, 15) is 5.26 Å². The average molecular weight is 237 g/mol. The van der Waals surface area contributed by atoms with Crippen molar-refractivity contribution in [1.29, 1.82) is 5.26 Å². The van der Waals surface area contributed by atoms with Gasteiger partial charge in [0.25, 0.3) is 0 Å². The molecule has 0 amide bonds. The molecule has 17 heavy (non-hydrogen) atoms. The van der Waals surface area contributed by atoms with Crippen LogP contribution < -0.4 is 5.32 Å². The van der Waals surface area contributed by atoms with Gasteiger partial charge >= 0.3 is 0 Å². The maximum atomic E-state index is 9.63. The van der Waals surface area contributed by atoms with Crippen LogP contribution in [0, 0.1) is 11.3 Å². The standard InChI is InChI=1S/C13H23N3O/c1-2-12-10-13(11-14,4-9-17-12)16-7-3-5-15-6-8-16/h12,15H,2-10H2,1H3. The Labute approximate surface area is 104 Å². The highest BCUT2D eigenvalue weighted by atomic mass is 16.5. The monoisotopic (exact) mass is 237 g/mol. The fraction of sp³-hybridized carbons (Fsp3) is 0.923. The molecule has 2 heterocycles. The highest BCUT2D eigenvalue weighted by Gasteiger charge is 2.41. The smallest absolute Gasteiger partial charge is 0.113 e. The molecule has 0 spiro atoms. The first-order chi connectivity index (χ1) is 8.30. The van der Waals surface area contributed by atoms with Gasteiger partial charge in [-0.1, -0.05) is 6.92 Å².